The van der Waals surface area contributed by atoms with E-state index in [1.165, 1.54) is 18.5 Å². The van der Waals surface area contributed by atoms with Crippen LogP contribution < -0.4 is 21.1 Å². The van der Waals surface area contributed by atoms with Crippen molar-refractivity contribution < 1.29 is 14.7 Å². The molecule has 3 rings (SSSR count). The fraction of sp³-hybridized carbons (Fsp3) is 0.250. The van der Waals surface area contributed by atoms with Gasteiger partial charge < -0.3 is 25.6 Å². The van der Waals surface area contributed by atoms with E-state index in [2.05, 4.69) is 20.6 Å². The summed E-state index contributed by atoms with van der Waals surface area (Å²) in [4.78, 5) is 42.9. The van der Waals surface area contributed by atoms with Gasteiger partial charge in [-0.15, -0.1) is 0 Å². The van der Waals surface area contributed by atoms with Crippen LogP contribution in [0, 0.1) is 0 Å². The molecule has 1 aromatic heterocycles. The summed E-state index contributed by atoms with van der Waals surface area (Å²) >= 11 is 0. The number of benzene rings is 1. The minimum atomic E-state index is -1.01. The average Bonchev–Trinajstić information content (AvgIpc) is 3.00. The molecule has 9 nitrogen and oxygen atoms in total. The summed E-state index contributed by atoms with van der Waals surface area (Å²) in [6.07, 6.45) is 2.25. The summed E-state index contributed by atoms with van der Waals surface area (Å²) in [7, 11) is 0. The summed E-state index contributed by atoms with van der Waals surface area (Å²) in [6, 6.07) is 5.98. The van der Waals surface area contributed by atoms with Crippen LogP contribution in [-0.2, 0) is 4.79 Å². The second kappa shape index (κ2) is 7.04. The molecule has 1 aliphatic rings. The van der Waals surface area contributed by atoms with Gasteiger partial charge in [-0.2, -0.15) is 0 Å². The fourth-order valence-electron chi connectivity index (χ4n) is 2.57. The summed E-state index contributed by atoms with van der Waals surface area (Å²) in [5.41, 5.74) is 0.956. The van der Waals surface area contributed by atoms with Crippen molar-refractivity contribution in [1.29, 1.82) is 0 Å². The third kappa shape index (κ3) is 3.77. The molecule has 9 heteroatoms. The van der Waals surface area contributed by atoms with Gasteiger partial charge >= 0.3 is 5.97 Å². The maximum Gasteiger partial charge on any atom is 0.335 e. The van der Waals surface area contributed by atoms with Gasteiger partial charge in [0.1, 0.15) is 5.69 Å². The largest absolute Gasteiger partial charge is 0.478 e. The van der Waals surface area contributed by atoms with Crippen LogP contribution in [0.3, 0.4) is 0 Å². The first-order valence-electron chi connectivity index (χ1n) is 7.74. The van der Waals surface area contributed by atoms with E-state index in [1.54, 1.807) is 12.1 Å². The molecular formula is C16H17N5O4. The van der Waals surface area contributed by atoms with Gasteiger partial charge in [-0.3, -0.25) is 9.59 Å². The molecule has 0 saturated heterocycles. The number of aromatic nitrogens is 2. The number of hydrogen-bond acceptors (Lipinski definition) is 6. The molecule has 130 valence electrons. The Hall–Kier alpha value is -3.36. The molecule has 0 bridgehead atoms. The maximum atomic E-state index is 12.0. The Morgan fingerprint density at radius 1 is 1.28 bits per heavy atom. The first-order valence-corrected chi connectivity index (χ1v) is 7.74. The second-order valence-corrected chi connectivity index (χ2v) is 5.56. The maximum absolute atomic E-state index is 12.0. The van der Waals surface area contributed by atoms with Crippen LogP contribution in [-0.4, -0.2) is 40.2 Å². The topological polar surface area (TPSA) is 127 Å². The molecular weight excluding hydrogens is 326 g/mol. The Morgan fingerprint density at radius 3 is 2.76 bits per heavy atom. The van der Waals surface area contributed by atoms with Crippen molar-refractivity contribution in [3.8, 4) is 0 Å². The zero-order chi connectivity index (χ0) is 17.8. The number of rotatable bonds is 6. The number of aromatic amines is 1. The number of carboxylic acids is 1. The normalized spacial score (nSPS) is 12.4. The second-order valence-electron chi connectivity index (χ2n) is 5.56. The molecule has 4 N–H and O–H groups in total. The van der Waals surface area contributed by atoms with Crippen LogP contribution in [0.4, 0.5) is 17.2 Å². The van der Waals surface area contributed by atoms with Crippen molar-refractivity contribution in [3.63, 3.8) is 0 Å². The van der Waals surface area contributed by atoms with Gasteiger partial charge in [0.2, 0.25) is 5.91 Å². The Kier molecular flexibility index (Phi) is 4.64. The minimum Gasteiger partial charge on any atom is -0.478 e. The van der Waals surface area contributed by atoms with Crippen LogP contribution in [0.1, 0.15) is 23.2 Å². The molecule has 0 spiro atoms. The first-order chi connectivity index (χ1) is 12.0. The molecule has 1 aliphatic heterocycles. The standard InChI is InChI=1S/C16H17N5O4/c22-12(20-11-5-3-10(4-6-11)16(24)25)2-1-7-21-9-19-13-14(21)17-8-18-15(13)23/h3-6,8,19H,1-2,7,9H2,(H,20,22)(H,24,25)(H,17,18,23). The smallest absolute Gasteiger partial charge is 0.335 e. The van der Waals surface area contributed by atoms with Crippen molar-refractivity contribution in [2.75, 3.05) is 28.7 Å². The number of aromatic carboxylic acids is 1. The molecule has 0 atom stereocenters. The Bertz CT molecular complexity index is 846. The Morgan fingerprint density at radius 2 is 2.04 bits per heavy atom. The number of hydrogen-bond donors (Lipinski definition) is 4. The molecule has 1 aromatic carbocycles. The zero-order valence-corrected chi connectivity index (χ0v) is 13.3. The number of H-pyrrole nitrogens is 1. The molecule has 0 saturated carbocycles. The van der Waals surface area contributed by atoms with E-state index in [9.17, 15) is 14.4 Å². The molecule has 0 radical (unpaired) electrons. The Labute approximate surface area is 142 Å². The van der Waals surface area contributed by atoms with E-state index >= 15 is 0 Å². The SMILES string of the molecule is O=C(CCCN1CNc2c1nc[nH]c2=O)Nc1ccc(C(=O)O)cc1. The van der Waals surface area contributed by atoms with Gasteiger partial charge in [-0.25, -0.2) is 9.78 Å². The molecule has 1 amide bonds. The van der Waals surface area contributed by atoms with Crippen molar-refractivity contribution in [2.24, 2.45) is 0 Å². The summed E-state index contributed by atoms with van der Waals surface area (Å²) in [6.45, 7) is 1.07. The molecule has 25 heavy (non-hydrogen) atoms. The zero-order valence-electron chi connectivity index (χ0n) is 13.3. The van der Waals surface area contributed by atoms with Gasteiger partial charge in [0.15, 0.2) is 5.82 Å². The number of fused-ring (bicyclic) bond motifs is 1. The number of carbonyl (C=O) groups excluding carboxylic acids is 1. The predicted octanol–water partition coefficient (Wildman–Crippen LogP) is 1.08. The highest BCUT2D eigenvalue weighted by atomic mass is 16.4. The lowest BCUT2D eigenvalue weighted by atomic mass is 10.2. The highest BCUT2D eigenvalue weighted by Crippen LogP contribution is 2.24. The highest BCUT2D eigenvalue weighted by Gasteiger charge is 2.22. The summed E-state index contributed by atoms with van der Waals surface area (Å²) < 4.78 is 0. The number of carbonyl (C=O) groups is 2. The molecule has 0 unspecified atom stereocenters. The van der Waals surface area contributed by atoms with Crippen molar-refractivity contribution in [3.05, 3.63) is 46.5 Å². The highest BCUT2D eigenvalue weighted by molar-refractivity contribution is 5.92. The predicted molar refractivity (Wildman–Crippen MR) is 92.0 cm³/mol. The van der Waals surface area contributed by atoms with Crippen LogP contribution >= 0.6 is 0 Å². The van der Waals surface area contributed by atoms with E-state index in [0.717, 1.165) is 0 Å². The van der Waals surface area contributed by atoms with Crippen molar-refractivity contribution in [1.82, 2.24) is 9.97 Å². The summed E-state index contributed by atoms with van der Waals surface area (Å²) in [5.74, 6) is -0.576. The molecule has 0 aliphatic carbocycles. The quantitative estimate of drug-likeness (QED) is 0.618. The first kappa shape index (κ1) is 16.5. The number of amides is 1. The number of nitrogens with zero attached hydrogens (tertiary/aromatic N) is 2. The van der Waals surface area contributed by atoms with Gasteiger partial charge in [-0.1, -0.05) is 0 Å². The number of anilines is 3. The Balaban J connectivity index is 1.48. The molecule has 0 fully saturated rings. The molecule has 2 aromatic rings. The van der Waals surface area contributed by atoms with Gasteiger partial charge in [0, 0.05) is 18.7 Å². The van der Waals surface area contributed by atoms with Crippen molar-refractivity contribution >= 4 is 29.1 Å². The number of carboxylic acid groups (broad SMARTS) is 1. The van der Waals surface area contributed by atoms with Crippen LogP contribution in [0.25, 0.3) is 0 Å². The van der Waals surface area contributed by atoms with E-state index in [4.69, 9.17) is 5.11 Å². The third-order valence-electron chi connectivity index (χ3n) is 3.83. The third-order valence-corrected chi connectivity index (χ3v) is 3.83. The number of nitrogens with one attached hydrogen (secondary N) is 3. The van der Waals surface area contributed by atoms with Gasteiger partial charge in [-0.05, 0) is 30.7 Å². The minimum absolute atomic E-state index is 0.158. The average molecular weight is 343 g/mol. The van der Waals surface area contributed by atoms with Gasteiger partial charge in [0.25, 0.3) is 5.56 Å². The monoisotopic (exact) mass is 343 g/mol. The summed E-state index contributed by atoms with van der Waals surface area (Å²) in [5, 5.41) is 14.5. The molecule has 2 heterocycles. The lowest BCUT2D eigenvalue weighted by Gasteiger charge is -2.16. The lowest BCUT2D eigenvalue weighted by molar-refractivity contribution is -0.116. The lowest BCUT2D eigenvalue weighted by Crippen LogP contribution is -2.25. The van der Waals surface area contributed by atoms with E-state index < -0.39 is 5.97 Å². The van der Waals surface area contributed by atoms with Crippen molar-refractivity contribution in [2.45, 2.75) is 12.8 Å². The van der Waals surface area contributed by atoms with Crippen LogP contribution in [0.2, 0.25) is 0 Å². The van der Waals surface area contributed by atoms with Crippen LogP contribution in [0.5, 0.6) is 0 Å². The van der Waals surface area contributed by atoms with Gasteiger partial charge in [0.05, 0.1) is 18.6 Å². The van der Waals surface area contributed by atoms with E-state index in [1.807, 2.05) is 4.90 Å². The fourth-order valence-corrected chi connectivity index (χ4v) is 2.57. The van der Waals surface area contributed by atoms with E-state index in [-0.39, 0.29) is 17.0 Å². The van der Waals surface area contributed by atoms with E-state index in [0.29, 0.717) is 43.2 Å². The van der Waals surface area contributed by atoms with Crippen LogP contribution in [0.15, 0.2) is 35.4 Å².